The molecule has 0 radical (unpaired) electrons. The Hall–Kier alpha value is -3.38. The summed E-state index contributed by atoms with van der Waals surface area (Å²) in [5.41, 5.74) is 6.78. The van der Waals surface area contributed by atoms with Crippen LogP contribution in [0.3, 0.4) is 0 Å². The van der Waals surface area contributed by atoms with Gasteiger partial charge in [-0.15, -0.1) is 11.3 Å². The summed E-state index contributed by atoms with van der Waals surface area (Å²) in [6.45, 7) is 3.65. The predicted octanol–water partition coefficient (Wildman–Crippen LogP) is 4.17. The van der Waals surface area contributed by atoms with E-state index < -0.39 is 29.9 Å². The fourth-order valence-corrected chi connectivity index (χ4v) is 4.82. The van der Waals surface area contributed by atoms with Crippen LogP contribution in [0.5, 0.6) is 0 Å². The maximum Gasteiger partial charge on any atom is 0.280 e. The lowest BCUT2D eigenvalue weighted by atomic mass is 10.0. The normalized spacial score (nSPS) is 12.4. The molecule has 0 aliphatic carbocycles. The summed E-state index contributed by atoms with van der Waals surface area (Å²) >= 11 is 6.73. The van der Waals surface area contributed by atoms with E-state index in [1.54, 1.807) is 38.0 Å². The van der Waals surface area contributed by atoms with Crippen molar-refractivity contribution in [2.45, 2.75) is 26.8 Å². The Balaban J connectivity index is 1.84. The number of nitrogens with zero attached hydrogens (tertiary/aromatic N) is 5. The number of amides is 2. The second-order valence-corrected chi connectivity index (χ2v) is 9.25. The minimum Gasteiger partial charge on any atom is -0.365 e. The minimum absolute atomic E-state index is 0.0133. The largest absolute Gasteiger partial charge is 0.365 e. The van der Waals surface area contributed by atoms with Crippen LogP contribution in [0.1, 0.15) is 34.4 Å². The lowest BCUT2D eigenvalue weighted by Crippen LogP contribution is -2.25. The second-order valence-electron chi connectivity index (χ2n) is 7.82. The van der Waals surface area contributed by atoms with Crippen molar-refractivity contribution in [3.63, 3.8) is 0 Å². The summed E-state index contributed by atoms with van der Waals surface area (Å²) in [6.07, 6.45) is 1.88. The van der Waals surface area contributed by atoms with E-state index in [0.717, 1.165) is 11.3 Å². The van der Waals surface area contributed by atoms with Gasteiger partial charge in [0.05, 0.1) is 35.1 Å². The van der Waals surface area contributed by atoms with Crippen molar-refractivity contribution in [3.8, 4) is 11.1 Å². The molecule has 0 bridgehead atoms. The summed E-state index contributed by atoms with van der Waals surface area (Å²) < 4.78 is 30.3. The van der Waals surface area contributed by atoms with Gasteiger partial charge in [-0.25, -0.2) is 13.8 Å². The molecule has 1 atom stereocenters. The van der Waals surface area contributed by atoms with Crippen LogP contribution >= 0.6 is 22.9 Å². The van der Waals surface area contributed by atoms with Crippen LogP contribution in [0.4, 0.5) is 14.5 Å². The maximum atomic E-state index is 13.6. The number of thiophene rings is 1. The monoisotopic (exact) mass is 507 g/mol. The molecule has 4 aromatic rings. The Morgan fingerprint density at radius 2 is 2.03 bits per heavy atom. The highest BCUT2D eigenvalue weighted by Crippen LogP contribution is 2.43. The van der Waals surface area contributed by atoms with Crippen LogP contribution in [-0.2, 0) is 18.4 Å². The number of carbonyl (C=O) groups excluding carboxylic acids is 2. The van der Waals surface area contributed by atoms with Crippen molar-refractivity contribution in [2.24, 2.45) is 18.7 Å². The number of alkyl halides is 2. The molecule has 34 heavy (non-hydrogen) atoms. The highest BCUT2D eigenvalue weighted by atomic mass is 35.5. The number of aromatic nitrogens is 5. The first kappa shape index (κ1) is 23.8. The number of pyridine rings is 1. The third kappa shape index (κ3) is 4.50. The smallest absolute Gasteiger partial charge is 0.280 e. The number of carbonyl (C=O) groups is 2. The van der Waals surface area contributed by atoms with Gasteiger partial charge in [0.15, 0.2) is 0 Å². The van der Waals surface area contributed by atoms with Gasteiger partial charge in [-0.1, -0.05) is 18.5 Å². The molecule has 0 aliphatic rings. The summed E-state index contributed by atoms with van der Waals surface area (Å²) in [5, 5.41) is 11.9. The van der Waals surface area contributed by atoms with E-state index >= 15 is 0 Å². The van der Waals surface area contributed by atoms with E-state index in [2.05, 4.69) is 20.5 Å². The number of anilines is 1. The van der Waals surface area contributed by atoms with Gasteiger partial charge in [0.25, 0.3) is 12.3 Å². The van der Waals surface area contributed by atoms with E-state index in [1.165, 1.54) is 16.9 Å². The van der Waals surface area contributed by atoms with Crippen molar-refractivity contribution < 1.29 is 18.4 Å². The van der Waals surface area contributed by atoms with Crippen LogP contribution in [0.25, 0.3) is 21.3 Å². The van der Waals surface area contributed by atoms with E-state index in [9.17, 15) is 18.4 Å². The zero-order valence-corrected chi connectivity index (χ0v) is 19.9. The van der Waals surface area contributed by atoms with E-state index in [4.69, 9.17) is 17.3 Å². The predicted molar refractivity (Wildman–Crippen MR) is 125 cm³/mol. The number of halogens is 3. The fourth-order valence-electron chi connectivity index (χ4n) is 3.65. The van der Waals surface area contributed by atoms with Gasteiger partial charge >= 0.3 is 0 Å². The number of hydrogen-bond donors (Lipinski definition) is 2. The number of rotatable bonds is 7. The molecule has 1 unspecified atom stereocenters. The van der Waals surface area contributed by atoms with E-state index in [1.807, 2.05) is 0 Å². The van der Waals surface area contributed by atoms with Crippen LogP contribution in [0.15, 0.2) is 24.7 Å². The Morgan fingerprint density at radius 3 is 2.59 bits per heavy atom. The van der Waals surface area contributed by atoms with Gasteiger partial charge in [-0.05, 0) is 18.6 Å². The first-order valence-electron chi connectivity index (χ1n) is 10.1. The molecule has 9 nitrogen and oxygen atoms in total. The first-order chi connectivity index (χ1) is 16.0. The quantitative estimate of drug-likeness (QED) is 0.389. The zero-order valence-electron chi connectivity index (χ0n) is 18.3. The zero-order chi connectivity index (χ0) is 24.7. The Bertz CT molecular complexity index is 1410. The lowest BCUT2D eigenvalue weighted by molar-refractivity contribution is -0.119. The molecule has 4 rings (SSSR count). The summed E-state index contributed by atoms with van der Waals surface area (Å²) in [5.74, 6) is -1.79. The Labute approximate surface area is 201 Å². The average molecular weight is 508 g/mol. The second kappa shape index (κ2) is 9.11. The summed E-state index contributed by atoms with van der Waals surface area (Å²) in [6, 6.07) is 1.25. The molecule has 0 spiro atoms. The number of primary amides is 1. The number of nitrogens with two attached hydrogens (primary N) is 1. The van der Waals surface area contributed by atoms with Crippen molar-refractivity contribution in [1.82, 2.24) is 24.5 Å². The molecule has 0 fully saturated rings. The molecule has 4 heterocycles. The highest BCUT2D eigenvalue weighted by molar-refractivity contribution is 7.21. The minimum atomic E-state index is -2.83. The molecule has 0 aromatic carbocycles. The molecular formula is C21H20ClF2N7O2S. The van der Waals surface area contributed by atoms with Crippen LogP contribution in [-0.4, -0.2) is 36.4 Å². The van der Waals surface area contributed by atoms with Crippen molar-refractivity contribution in [2.75, 3.05) is 5.32 Å². The van der Waals surface area contributed by atoms with Gasteiger partial charge in [-0.3, -0.25) is 19.0 Å². The molecular weight excluding hydrogens is 488 g/mol. The third-order valence-corrected chi connectivity index (χ3v) is 6.48. The molecule has 13 heteroatoms. The van der Waals surface area contributed by atoms with Crippen LogP contribution < -0.4 is 11.1 Å². The van der Waals surface area contributed by atoms with Gasteiger partial charge in [0.2, 0.25) is 5.91 Å². The molecule has 2 amide bonds. The topological polar surface area (TPSA) is 121 Å². The van der Waals surface area contributed by atoms with Crippen molar-refractivity contribution in [3.05, 3.63) is 45.9 Å². The SMILES string of the molecule is Cc1nn(C)cc1-c1cc(C(F)F)nc2sc(C(N)=O)c(NC(=O)C(C)Cn3cc(Cl)cn3)c12. The van der Waals surface area contributed by atoms with E-state index in [-0.39, 0.29) is 21.9 Å². The molecule has 0 aliphatic heterocycles. The average Bonchev–Trinajstić information content (AvgIpc) is 3.44. The highest BCUT2D eigenvalue weighted by Gasteiger charge is 2.27. The lowest BCUT2D eigenvalue weighted by Gasteiger charge is -2.14. The number of nitrogens with one attached hydrogen (secondary N) is 1. The Kier molecular flexibility index (Phi) is 6.36. The van der Waals surface area contributed by atoms with Gasteiger partial charge in [0.1, 0.15) is 15.4 Å². The molecule has 0 saturated heterocycles. The Morgan fingerprint density at radius 1 is 1.29 bits per heavy atom. The number of fused-ring (bicyclic) bond motifs is 1. The van der Waals surface area contributed by atoms with E-state index in [0.29, 0.717) is 27.2 Å². The van der Waals surface area contributed by atoms with Crippen LogP contribution in [0, 0.1) is 12.8 Å². The first-order valence-corrected chi connectivity index (χ1v) is 11.3. The molecule has 0 saturated carbocycles. The summed E-state index contributed by atoms with van der Waals surface area (Å²) in [4.78, 5) is 29.5. The fraction of sp³-hybridized carbons (Fsp3) is 0.286. The molecule has 4 aromatic heterocycles. The summed E-state index contributed by atoms with van der Waals surface area (Å²) in [7, 11) is 1.71. The number of hydrogen-bond acceptors (Lipinski definition) is 6. The third-order valence-electron chi connectivity index (χ3n) is 5.19. The van der Waals surface area contributed by atoms with Crippen molar-refractivity contribution in [1.29, 1.82) is 0 Å². The van der Waals surface area contributed by atoms with Crippen LogP contribution in [0.2, 0.25) is 5.02 Å². The van der Waals surface area contributed by atoms with Gasteiger partial charge in [0, 0.05) is 30.4 Å². The van der Waals surface area contributed by atoms with Gasteiger partial charge < -0.3 is 11.1 Å². The van der Waals surface area contributed by atoms with Gasteiger partial charge in [-0.2, -0.15) is 10.2 Å². The number of aryl methyl sites for hydroxylation is 2. The van der Waals surface area contributed by atoms with Crippen molar-refractivity contribution >= 4 is 50.7 Å². The molecule has 178 valence electrons. The molecule has 3 N–H and O–H groups in total. The maximum absolute atomic E-state index is 13.6. The standard InChI is InChI=1S/C21H20ClF2N7O2S/c1-9(6-31-7-11(22)5-26-31)20(33)28-16-15-12(13-8-30(3)29-10(13)2)4-14(18(23)24)27-21(15)34-17(16)19(25)32/h4-5,7-9,18H,6H2,1-3H3,(H2,25,32)(H,28,33).